The zero-order valence-electron chi connectivity index (χ0n) is 11.0. The van der Waals surface area contributed by atoms with Crippen LogP contribution in [-0.4, -0.2) is 17.3 Å². The lowest BCUT2D eigenvalue weighted by Gasteiger charge is -2.29. The molecule has 0 spiro atoms. The van der Waals surface area contributed by atoms with E-state index in [9.17, 15) is 9.18 Å². The highest BCUT2D eigenvalue weighted by Crippen LogP contribution is 2.17. The molecule has 0 radical (unpaired) electrons. The Morgan fingerprint density at radius 2 is 2.17 bits per heavy atom. The van der Waals surface area contributed by atoms with Crippen molar-refractivity contribution in [1.29, 1.82) is 0 Å². The number of carbonyl (C=O) groups is 1. The molecule has 1 rings (SSSR count). The molecule has 0 fully saturated rings. The van der Waals surface area contributed by atoms with Gasteiger partial charge in [0.1, 0.15) is 5.82 Å². The number of halogens is 2. The van der Waals surface area contributed by atoms with Crippen LogP contribution in [0.25, 0.3) is 0 Å². The number of amides is 1. The van der Waals surface area contributed by atoms with E-state index in [1.165, 1.54) is 12.1 Å². The molecule has 2 nitrogen and oxygen atoms in total. The van der Waals surface area contributed by atoms with Gasteiger partial charge in [-0.1, -0.05) is 6.92 Å². The topological polar surface area (TPSA) is 29.1 Å². The van der Waals surface area contributed by atoms with Crippen LogP contribution in [-0.2, 0) is 0 Å². The fourth-order valence-corrected chi connectivity index (χ4v) is 2.09. The Bertz CT molecular complexity index is 436. The van der Waals surface area contributed by atoms with Gasteiger partial charge in [-0.3, -0.25) is 4.79 Å². The summed E-state index contributed by atoms with van der Waals surface area (Å²) in [4.78, 5) is 12.1. The summed E-state index contributed by atoms with van der Waals surface area (Å²) >= 11 is 5.74. The average molecular weight is 272 g/mol. The highest BCUT2D eigenvalue weighted by molar-refractivity contribution is 6.17. The van der Waals surface area contributed by atoms with E-state index < -0.39 is 0 Å². The fraction of sp³-hybridized carbons (Fsp3) is 0.500. The Labute approximate surface area is 113 Å². The maximum absolute atomic E-state index is 13.1. The van der Waals surface area contributed by atoms with Crippen LogP contribution in [0.2, 0.25) is 0 Å². The summed E-state index contributed by atoms with van der Waals surface area (Å²) in [5.74, 6) is 0.00528. The smallest absolute Gasteiger partial charge is 0.251 e. The lowest BCUT2D eigenvalue weighted by Crippen LogP contribution is -2.45. The highest BCUT2D eigenvalue weighted by atomic mass is 35.5. The maximum atomic E-state index is 13.1. The zero-order chi connectivity index (χ0) is 13.8. The summed E-state index contributed by atoms with van der Waals surface area (Å²) < 4.78 is 13.1. The lowest BCUT2D eigenvalue weighted by atomic mass is 9.95. The molecule has 0 aromatic heterocycles. The number of aryl methyl sites for hydroxylation is 1. The van der Waals surface area contributed by atoms with Crippen molar-refractivity contribution in [3.8, 4) is 0 Å². The Balaban J connectivity index is 2.84. The van der Waals surface area contributed by atoms with Crippen LogP contribution >= 0.6 is 11.6 Å². The van der Waals surface area contributed by atoms with Crippen molar-refractivity contribution in [3.05, 3.63) is 35.1 Å². The van der Waals surface area contributed by atoms with Crippen LogP contribution in [0.15, 0.2) is 18.2 Å². The largest absolute Gasteiger partial charge is 0.347 e. The minimum Gasteiger partial charge on any atom is -0.347 e. The van der Waals surface area contributed by atoms with Gasteiger partial charge in [-0.25, -0.2) is 4.39 Å². The van der Waals surface area contributed by atoms with Crippen molar-refractivity contribution in [1.82, 2.24) is 5.32 Å². The quantitative estimate of drug-likeness (QED) is 0.814. The lowest BCUT2D eigenvalue weighted by molar-refractivity contribution is 0.0901. The van der Waals surface area contributed by atoms with Crippen molar-refractivity contribution >= 4 is 17.5 Å². The highest BCUT2D eigenvalue weighted by Gasteiger charge is 2.24. The normalized spacial score (nSPS) is 14.1. The molecule has 100 valence electrons. The summed E-state index contributed by atoms with van der Waals surface area (Å²) in [7, 11) is 0. The van der Waals surface area contributed by atoms with E-state index in [1.54, 1.807) is 13.0 Å². The summed E-state index contributed by atoms with van der Waals surface area (Å²) in [5, 5.41) is 2.96. The van der Waals surface area contributed by atoms with Crippen LogP contribution < -0.4 is 5.32 Å². The molecular formula is C14H19ClFNO. The second-order valence-corrected chi connectivity index (χ2v) is 5.15. The molecule has 0 aliphatic carbocycles. The molecule has 1 unspecified atom stereocenters. The molecule has 4 heteroatoms. The first-order chi connectivity index (χ1) is 8.41. The van der Waals surface area contributed by atoms with E-state index in [1.807, 2.05) is 13.8 Å². The van der Waals surface area contributed by atoms with Gasteiger partial charge in [0.25, 0.3) is 5.91 Å². The first-order valence-corrected chi connectivity index (χ1v) is 6.60. The van der Waals surface area contributed by atoms with E-state index in [-0.39, 0.29) is 17.3 Å². The average Bonchev–Trinajstić information content (AvgIpc) is 2.32. The molecule has 1 amide bonds. The molecule has 1 aromatic rings. The van der Waals surface area contributed by atoms with Crippen LogP contribution in [0.5, 0.6) is 0 Å². The van der Waals surface area contributed by atoms with Gasteiger partial charge in [0.15, 0.2) is 0 Å². The summed E-state index contributed by atoms with van der Waals surface area (Å²) in [6, 6.07) is 4.37. The van der Waals surface area contributed by atoms with Gasteiger partial charge in [0.05, 0.1) is 0 Å². The van der Waals surface area contributed by atoms with Gasteiger partial charge in [0, 0.05) is 17.0 Å². The molecule has 1 N–H and O–H groups in total. The van der Waals surface area contributed by atoms with Crippen molar-refractivity contribution in [2.75, 3.05) is 5.88 Å². The SMILES string of the molecule is CCC(C)(CCCl)NC(=O)c1ccc(F)c(C)c1. The predicted octanol–water partition coefficient (Wildman–Crippen LogP) is 3.66. The van der Waals surface area contributed by atoms with Gasteiger partial charge in [-0.05, 0) is 50.5 Å². The van der Waals surface area contributed by atoms with E-state index in [2.05, 4.69) is 5.32 Å². The Hall–Kier alpha value is -1.09. The van der Waals surface area contributed by atoms with Crippen molar-refractivity contribution in [2.45, 2.75) is 39.2 Å². The van der Waals surface area contributed by atoms with Crippen LogP contribution in [0, 0.1) is 12.7 Å². The van der Waals surface area contributed by atoms with Gasteiger partial charge in [0.2, 0.25) is 0 Å². The number of nitrogens with one attached hydrogen (secondary N) is 1. The molecule has 1 atom stereocenters. The molecule has 0 aliphatic rings. The second-order valence-electron chi connectivity index (χ2n) is 4.77. The first kappa shape index (κ1) is 15.0. The van der Waals surface area contributed by atoms with E-state index in [4.69, 9.17) is 11.6 Å². The fourth-order valence-electron chi connectivity index (χ4n) is 1.67. The van der Waals surface area contributed by atoms with Crippen LogP contribution in [0.1, 0.15) is 42.6 Å². The van der Waals surface area contributed by atoms with Gasteiger partial charge < -0.3 is 5.32 Å². The van der Waals surface area contributed by atoms with Gasteiger partial charge in [-0.15, -0.1) is 11.6 Å². The number of hydrogen-bond acceptors (Lipinski definition) is 1. The number of hydrogen-bond donors (Lipinski definition) is 1. The van der Waals surface area contributed by atoms with E-state index in [0.29, 0.717) is 23.4 Å². The number of carbonyl (C=O) groups excluding carboxylic acids is 1. The Morgan fingerprint density at radius 1 is 1.50 bits per heavy atom. The van der Waals surface area contributed by atoms with Crippen molar-refractivity contribution in [2.24, 2.45) is 0 Å². The molecule has 0 saturated heterocycles. The van der Waals surface area contributed by atoms with Crippen molar-refractivity contribution < 1.29 is 9.18 Å². The summed E-state index contributed by atoms with van der Waals surface area (Å²) in [5.41, 5.74) is 0.627. The van der Waals surface area contributed by atoms with E-state index in [0.717, 1.165) is 6.42 Å². The molecule has 0 saturated carbocycles. The minimum absolute atomic E-state index is 0.187. The molecular weight excluding hydrogens is 253 g/mol. The summed E-state index contributed by atoms with van der Waals surface area (Å²) in [6.45, 7) is 5.61. The molecule has 18 heavy (non-hydrogen) atoms. The number of rotatable bonds is 5. The second kappa shape index (κ2) is 6.19. The Morgan fingerprint density at radius 3 is 2.67 bits per heavy atom. The molecule has 0 bridgehead atoms. The molecule has 1 aromatic carbocycles. The third-order valence-electron chi connectivity index (χ3n) is 3.26. The standard InChI is InChI=1S/C14H19ClFNO/c1-4-14(3,7-8-15)17-13(18)11-5-6-12(16)10(2)9-11/h5-6,9H,4,7-8H2,1-3H3,(H,17,18). The van der Waals surface area contributed by atoms with E-state index >= 15 is 0 Å². The third-order valence-corrected chi connectivity index (χ3v) is 3.45. The third kappa shape index (κ3) is 3.70. The minimum atomic E-state index is -0.318. The van der Waals surface area contributed by atoms with Gasteiger partial charge in [-0.2, -0.15) is 0 Å². The number of benzene rings is 1. The van der Waals surface area contributed by atoms with Crippen molar-refractivity contribution in [3.63, 3.8) is 0 Å². The number of alkyl halides is 1. The summed E-state index contributed by atoms with van der Waals surface area (Å²) in [6.07, 6.45) is 1.50. The Kier molecular flexibility index (Phi) is 5.15. The van der Waals surface area contributed by atoms with Crippen LogP contribution in [0.4, 0.5) is 4.39 Å². The monoisotopic (exact) mass is 271 g/mol. The molecule has 0 aliphatic heterocycles. The molecule has 0 heterocycles. The first-order valence-electron chi connectivity index (χ1n) is 6.06. The predicted molar refractivity (Wildman–Crippen MR) is 72.6 cm³/mol. The van der Waals surface area contributed by atoms with Crippen LogP contribution in [0.3, 0.4) is 0 Å². The van der Waals surface area contributed by atoms with Gasteiger partial charge >= 0.3 is 0 Å². The maximum Gasteiger partial charge on any atom is 0.251 e. The zero-order valence-corrected chi connectivity index (χ0v) is 11.8.